The number of carboxylic acids is 1. The van der Waals surface area contributed by atoms with Gasteiger partial charge in [-0.3, -0.25) is 4.79 Å². The Morgan fingerprint density at radius 2 is 2.12 bits per heavy atom. The van der Waals surface area contributed by atoms with Gasteiger partial charge in [0.1, 0.15) is 10.5 Å². The summed E-state index contributed by atoms with van der Waals surface area (Å²) in [6.07, 6.45) is 0. The highest BCUT2D eigenvalue weighted by Gasteiger charge is 2.16. The van der Waals surface area contributed by atoms with Gasteiger partial charge in [0, 0.05) is 10.3 Å². The topological polar surface area (TPSA) is 63.6 Å². The Morgan fingerprint density at radius 1 is 1.47 bits per heavy atom. The van der Waals surface area contributed by atoms with Crippen molar-refractivity contribution in [3.63, 3.8) is 0 Å². The molecule has 1 N–H and O–H groups in total. The Labute approximate surface area is 108 Å². The summed E-state index contributed by atoms with van der Waals surface area (Å²) in [5, 5.41) is 10.5. The molecule has 17 heavy (non-hydrogen) atoms. The minimum Gasteiger partial charge on any atom is -0.477 e. The van der Waals surface area contributed by atoms with Gasteiger partial charge in [0.05, 0.1) is 5.75 Å². The third-order valence-electron chi connectivity index (χ3n) is 1.56. The van der Waals surface area contributed by atoms with Crippen LogP contribution in [-0.2, 0) is 9.53 Å². The molecule has 0 aromatic carbocycles. The van der Waals surface area contributed by atoms with Crippen molar-refractivity contribution in [1.82, 2.24) is 0 Å². The summed E-state index contributed by atoms with van der Waals surface area (Å²) in [6.45, 7) is 5.42. The third-order valence-corrected chi connectivity index (χ3v) is 3.58. The first kappa shape index (κ1) is 14.1. The molecule has 0 saturated carbocycles. The standard InChI is InChI=1S/C11H14O4S2/c1-11(2,3)15-9(12)6-16-7-4-8(10(13)14)17-5-7/h4-5H,6H2,1-3H3,(H,13,14). The van der Waals surface area contributed by atoms with Crippen LogP contribution < -0.4 is 0 Å². The average Bonchev–Trinajstić information content (AvgIpc) is 2.60. The lowest BCUT2D eigenvalue weighted by Crippen LogP contribution is -2.24. The summed E-state index contributed by atoms with van der Waals surface area (Å²) in [4.78, 5) is 23.1. The second-order valence-electron chi connectivity index (χ2n) is 4.33. The molecule has 0 atom stereocenters. The van der Waals surface area contributed by atoms with Gasteiger partial charge in [0.15, 0.2) is 0 Å². The fourth-order valence-electron chi connectivity index (χ4n) is 1.02. The SMILES string of the molecule is CC(C)(C)OC(=O)CSc1csc(C(=O)O)c1. The molecule has 1 rings (SSSR count). The van der Waals surface area contributed by atoms with Crippen LogP contribution in [-0.4, -0.2) is 28.4 Å². The van der Waals surface area contributed by atoms with Gasteiger partial charge in [-0.15, -0.1) is 23.1 Å². The van der Waals surface area contributed by atoms with E-state index < -0.39 is 11.6 Å². The molecule has 0 amide bonds. The maximum atomic E-state index is 11.4. The highest BCUT2D eigenvalue weighted by Crippen LogP contribution is 2.25. The summed E-state index contributed by atoms with van der Waals surface area (Å²) >= 11 is 2.43. The Kier molecular flexibility index (Phi) is 4.59. The van der Waals surface area contributed by atoms with Crippen molar-refractivity contribution in [2.45, 2.75) is 31.3 Å². The number of thiophene rings is 1. The van der Waals surface area contributed by atoms with Crippen LogP contribution >= 0.6 is 23.1 Å². The molecular formula is C11H14O4S2. The first-order valence-electron chi connectivity index (χ1n) is 4.94. The summed E-state index contributed by atoms with van der Waals surface area (Å²) in [5.74, 6) is -1.06. The number of hydrogen-bond acceptors (Lipinski definition) is 5. The van der Waals surface area contributed by atoms with E-state index in [1.165, 1.54) is 11.8 Å². The fourth-order valence-corrected chi connectivity index (χ4v) is 2.66. The number of aromatic carboxylic acids is 1. The number of hydrogen-bond donors (Lipinski definition) is 1. The predicted octanol–water partition coefficient (Wildman–Crippen LogP) is 2.88. The van der Waals surface area contributed by atoms with Crippen LogP contribution in [0.25, 0.3) is 0 Å². The molecule has 0 aliphatic heterocycles. The van der Waals surface area contributed by atoms with E-state index in [4.69, 9.17) is 9.84 Å². The van der Waals surface area contributed by atoms with E-state index >= 15 is 0 Å². The van der Waals surface area contributed by atoms with Crippen molar-refractivity contribution in [3.8, 4) is 0 Å². The molecule has 0 aliphatic rings. The molecule has 6 heteroatoms. The molecule has 0 saturated heterocycles. The molecule has 1 aromatic rings. The highest BCUT2D eigenvalue weighted by molar-refractivity contribution is 8.00. The lowest BCUT2D eigenvalue weighted by Gasteiger charge is -2.19. The highest BCUT2D eigenvalue weighted by atomic mass is 32.2. The van der Waals surface area contributed by atoms with Crippen LogP contribution in [0, 0.1) is 0 Å². The quantitative estimate of drug-likeness (QED) is 0.675. The van der Waals surface area contributed by atoms with Crippen LogP contribution in [0.2, 0.25) is 0 Å². The monoisotopic (exact) mass is 274 g/mol. The average molecular weight is 274 g/mol. The summed E-state index contributed by atoms with van der Waals surface area (Å²) in [7, 11) is 0. The Bertz CT molecular complexity index is 417. The molecule has 0 radical (unpaired) electrons. The predicted molar refractivity (Wildman–Crippen MR) is 67.8 cm³/mol. The van der Waals surface area contributed by atoms with E-state index in [0.717, 1.165) is 16.2 Å². The minimum atomic E-state index is -0.945. The number of esters is 1. The maximum absolute atomic E-state index is 11.4. The summed E-state index contributed by atoms with van der Waals surface area (Å²) in [5.41, 5.74) is -0.488. The van der Waals surface area contributed by atoms with E-state index in [1.807, 2.05) is 20.8 Å². The molecule has 4 nitrogen and oxygen atoms in total. The van der Waals surface area contributed by atoms with Gasteiger partial charge < -0.3 is 9.84 Å². The molecular weight excluding hydrogens is 260 g/mol. The second kappa shape index (κ2) is 5.55. The Hall–Kier alpha value is -1.01. The lowest BCUT2D eigenvalue weighted by atomic mass is 10.2. The van der Waals surface area contributed by atoms with Crippen LogP contribution in [0.5, 0.6) is 0 Å². The van der Waals surface area contributed by atoms with Gasteiger partial charge in [-0.05, 0) is 26.8 Å². The van der Waals surface area contributed by atoms with Crippen molar-refractivity contribution < 1.29 is 19.4 Å². The van der Waals surface area contributed by atoms with Crippen LogP contribution in [0.15, 0.2) is 16.3 Å². The van der Waals surface area contributed by atoms with Crippen LogP contribution in [0.3, 0.4) is 0 Å². The van der Waals surface area contributed by atoms with Gasteiger partial charge in [-0.2, -0.15) is 0 Å². The zero-order chi connectivity index (χ0) is 13.1. The molecule has 0 fully saturated rings. The van der Waals surface area contributed by atoms with Gasteiger partial charge >= 0.3 is 11.9 Å². The smallest absolute Gasteiger partial charge is 0.345 e. The van der Waals surface area contributed by atoms with Crippen molar-refractivity contribution in [2.24, 2.45) is 0 Å². The zero-order valence-electron chi connectivity index (χ0n) is 9.85. The number of carbonyl (C=O) groups is 2. The molecule has 0 unspecified atom stereocenters. The first-order valence-corrected chi connectivity index (χ1v) is 6.81. The molecule has 0 bridgehead atoms. The van der Waals surface area contributed by atoms with E-state index in [2.05, 4.69) is 0 Å². The number of carbonyl (C=O) groups excluding carboxylic acids is 1. The molecule has 1 heterocycles. The van der Waals surface area contributed by atoms with Gasteiger partial charge in [-0.25, -0.2) is 4.79 Å². The number of ether oxygens (including phenoxy) is 1. The number of carboxylic acid groups (broad SMARTS) is 1. The second-order valence-corrected chi connectivity index (χ2v) is 6.29. The van der Waals surface area contributed by atoms with E-state index in [1.54, 1.807) is 11.4 Å². The largest absolute Gasteiger partial charge is 0.477 e. The molecule has 0 aliphatic carbocycles. The van der Waals surface area contributed by atoms with Crippen molar-refractivity contribution in [2.75, 3.05) is 5.75 Å². The van der Waals surface area contributed by atoms with Crippen LogP contribution in [0.1, 0.15) is 30.4 Å². The maximum Gasteiger partial charge on any atom is 0.345 e. The lowest BCUT2D eigenvalue weighted by molar-refractivity contribution is -0.151. The Morgan fingerprint density at radius 3 is 2.59 bits per heavy atom. The summed E-state index contributed by atoms with van der Waals surface area (Å²) in [6, 6.07) is 1.56. The number of thioether (sulfide) groups is 1. The minimum absolute atomic E-state index is 0.188. The molecule has 1 aromatic heterocycles. The third kappa shape index (κ3) is 5.23. The van der Waals surface area contributed by atoms with Crippen molar-refractivity contribution in [3.05, 3.63) is 16.3 Å². The molecule has 94 valence electrons. The summed E-state index contributed by atoms with van der Waals surface area (Å²) < 4.78 is 5.14. The van der Waals surface area contributed by atoms with Gasteiger partial charge in [-0.1, -0.05) is 0 Å². The van der Waals surface area contributed by atoms with E-state index in [9.17, 15) is 9.59 Å². The zero-order valence-corrected chi connectivity index (χ0v) is 11.5. The van der Waals surface area contributed by atoms with E-state index in [-0.39, 0.29) is 16.6 Å². The number of rotatable bonds is 4. The fraction of sp³-hybridized carbons (Fsp3) is 0.455. The van der Waals surface area contributed by atoms with Gasteiger partial charge in [0.25, 0.3) is 0 Å². The normalized spacial score (nSPS) is 11.2. The first-order chi connectivity index (χ1) is 7.78. The van der Waals surface area contributed by atoms with Crippen LogP contribution in [0.4, 0.5) is 0 Å². The van der Waals surface area contributed by atoms with Crippen molar-refractivity contribution >= 4 is 35.0 Å². The Balaban J connectivity index is 2.45. The van der Waals surface area contributed by atoms with Crippen molar-refractivity contribution in [1.29, 1.82) is 0 Å². The molecule has 0 spiro atoms. The van der Waals surface area contributed by atoms with E-state index in [0.29, 0.717) is 0 Å². The van der Waals surface area contributed by atoms with Gasteiger partial charge in [0.2, 0.25) is 0 Å².